The van der Waals surface area contributed by atoms with E-state index >= 15 is 0 Å². The van der Waals surface area contributed by atoms with E-state index in [2.05, 4.69) is 15.5 Å². The Kier molecular flexibility index (Phi) is 6.82. The molecule has 2 heterocycles. The number of aromatic nitrogens is 4. The van der Waals surface area contributed by atoms with Gasteiger partial charge in [-0.3, -0.25) is 9.20 Å². The number of Topliss-reactive ketones (excluding diaryl/α,β-unsaturated/α-hetero) is 1. The van der Waals surface area contributed by atoms with Gasteiger partial charge in [-0.2, -0.15) is 0 Å². The van der Waals surface area contributed by atoms with E-state index in [9.17, 15) is 4.79 Å². The van der Waals surface area contributed by atoms with Crippen molar-refractivity contribution in [1.29, 1.82) is 0 Å². The molecule has 0 aliphatic carbocycles. The SMILES string of the molecule is COCC(=O)CCCCCNc1nc2cc(OC)c(OC)cc2n2c(C)nnc12. The number of nitrogens with one attached hydrogen (secondary N) is 1. The average molecular weight is 401 g/mol. The van der Waals surface area contributed by atoms with E-state index in [1.54, 1.807) is 14.2 Å². The lowest BCUT2D eigenvalue weighted by Crippen LogP contribution is -2.08. The molecule has 0 saturated carbocycles. The number of hydrogen-bond acceptors (Lipinski definition) is 8. The van der Waals surface area contributed by atoms with Gasteiger partial charge in [-0.15, -0.1) is 10.2 Å². The van der Waals surface area contributed by atoms with Gasteiger partial charge < -0.3 is 19.5 Å². The van der Waals surface area contributed by atoms with E-state index < -0.39 is 0 Å². The first-order chi connectivity index (χ1) is 14.1. The second-order valence-corrected chi connectivity index (χ2v) is 6.77. The summed E-state index contributed by atoms with van der Waals surface area (Å²) in [5.74, 6) is 2.81. The molecule has 1 aromatic carbocycles. The van der Waals surface area contributed by atoms with Crippen molar-refractivity contribution < 1.29 is 19.0 Å². The Bertz CT molecular complexity index is 1000. The maximum atomic E-state index is 11.5. The molecule has 0 aliphatic rings. The minimum atomic E-state index is 0.140. The van der Waals surface area contributed by atoms with Crippen molar-refractivity contribution in [3.8, 4) is 11.5 Å². The van der Waals surface area contributed by atoms with Crippen LogP contribution in [0.1, 0.15) is 31.5 Å². The van der Waals surface area contributed by atoms with Crippen LogP contribution in [0.3, 0.4) is 0 Å². The smallest absolute Gasteiger partial charge is 0.204 e. The standard InChI is InChI=1S/C20H27N5O4/c1-13-23-24-20-19(21-9-7-5-6-8-14(26)12-27-2)22-15-10-17(28-3)18(29-4)11-16(15)25(13)20/h10-11H,5-9,12H2,1-4H3,(H,21,22). The number of benzene rings is 1. The molecule has 0 bridgehead atoms. The molecular weight excluding hydrogens is 374 g/mol. The summed E-state index contributed by atoms with van der Waals surface area (Å²) >= 11 is 0. The van der Waals surface area contributed by atoms with Crippen LogP contribution in [0.25, 0.3) is 16.7 Å². The molecule has 0 aliphatic heterocycles. The Balaban J connectivity index is 1.76. The molecule has 0 fully saturated rings. The monoisotopic (exact) mass is 401 g/mol. The quantitative estimate of drug-likeness (QED) is 0.490. The normalized spacial score (nSPS) is 11.2. The number of nitrogens with zero attached hydrogens (tertiary/aromatic N) is 4. The minimum absolute atomic E-state index is 0.140. The molecule has 0 unspecified atom stereocenters. The van der Waals surface area contributed by atoms with Crippen molar-refractivity contribution in [2.75, 3.05) is 39.8 Å². The number of aryl methyl sites for hydroxylation is 1. The van der Waals surface area contributed by atoms with Crippen molar-refractivity contribution >= 4 is 28.3 Å². The number of ketones is 1. The highest BCUT2D eigenvalue weighted by Crippen LogP contribution is 2.33. The van der Waals surface area contributed by atoms with E-state index in [-0.39, 0.29) is 12.4 Å². The maximum Gasteiger partial charge on any atom is 0.204 e. The Morgan fingerprint density at radius 3 is 2.55 bits per heavy atom. The minimum Gasteiger partial charge on any atom is -0.493 e. The van der Waals surface area contributed by atoms with Crippen LogP contribution >= 0.6 is 0 Å². The molecule has 3 aromatic rings. The Morgan fingerprint density at radius 2 is 1.83 bits per heavy atom. The predicted octanol–water partition coefficient (Wildman–Crippen LogP) is 2.79. The Morgan fingerprint density at radius 1 is 1.07 bits per heavy atom. The summed E-state index contributed by atoms with van der Waals surface area (Å²) < 4.78 is 17.6. The number of carbonyl (C=O) groups is 1. The summed E-state index contributed by atoms with van der Waals surface area (Å²) in [6, 6.07) is 3.73. The lowest BCUT2D eigenvalue weighted by Gasteiger charge is -2.13. The first-order valence-electron chi connectivity index (χ1n) is 9.61. The van der Waals surface area contributed by atoms with Crippen molar-refractivity contribution in [2.45, 2.75) is 32.6 Å². The zero-order valence-corrected chi connectivity index (χ0v) is 17.3. The number of ether oxygens (including phenoxy) is 3. The Hall–Kier alpha value is -2.94. The summed E-state index contributed by atoms with van der Waals surface area (Å²) in [6.07, 6.45) is 3.27. The van der Waals surface area contributed by atoms with E-state index in [4.69, 9.17) is 19.2 Å². The highest BCUT2D eigenvalue weighted by molar-refractivity contribution is 5.85. The van der Waals surface area contributed by atoms with Gasteiger partial charge in [-0.1, -0.05) is 6.42 Å². The highest BCUT2D eigenvalue weighted by atomic mass is 16.5. The van der Waals surface area contributed by atoms with Crippen LogP contribution in [-0.2, 0) is 9.53 Å². The largest absolute Gasteiger partial charge is 0.493 e. The van der Waals surface area contributed by atoms with E-state index in [0.29, 0.717) is 29.4 Å². The van der Waals surface area contributed by atoms with Crippen LogP contribution in [0.2, 0.25) is 0 Å². The molecule has 156 valence electrons. The Labute approximate surface area is 169 Å². The summed E-state index contributed by atoms with van der Waals surface area (Å²) in [6.45, 7) is 2.82. The van der Waals surface area contributed by atoms with Crippen LogP contribution in [0, 0.1) is 6.92 Å². The fourth-order valence-corrected chi connectivity index (χ4v) is 3.28. The van der Waals surface area contributed by atoms with Gasteiger partial charge in [-0.05, 0) is 19.8 Å². The van der Waals surface area contributed by atoms with Crippen molar-refractivity contribution in [1.82, 2.24) is 19.6 Å². The van der Waals surface area contributed by atoms with Gasteiger partial charge >= 0.3 is 0 Å². The molecule has 29 heavy (non-hydrogen) atoms. The van der Waals surface area contributed by atoms with Crippen molar-refractivity contribution in [2.24, 2.45) is 0 Å². The second kappa shape index (κ2) is 9.51. The zero-order valence-electron chi connectivity index (χ0n) is 17.3. The summed E-state index contributed by atoms with van der Waals surface area (Å²) in [4.78, 5) is 16.2. The molecule has 9 heteroatoms. The first-order valence-corrected chi connectivity index (χ1v) is 9.61. The molecule has 2 aromatic heterocycles. The third-order valence-corrected chi connectivity index (χ3v) is 4.72. The number of carbonyl (C=O) groups excluding carboxylic acids is 1. The van der Waals surface area contributed by atoms with Crippen LogP contribution in [0.5, 0.6) is 11.5 Å². The lowest BCUT2D eigenvalue weighted by molar-refractivity contribution is -0.122. The maximum absolute atomic E-state index is 11.5. The fourth-order valence-electron chi connectivity index (χ4n) is 3.28. The second-order valence-electron chi connectivity index (χ2n) is 6.77. The summed E-state index contributed by atoms with van der Waals surface area (Å²) in [5.41, 5.74) is 2.27. The fraction of sp³-hybridized carbons (Fsp3) is 0.500. The third-order valence-electron chi connectivity index (χ3n) is 4.72. The number of anilines is 1. The third kappa shape index (κ3) is 4.56. The summed E-state index contributed by atoms with van der Waals surface area (Å²) in [5, 5.41) is 11.8. The van der Waals surface area contributed by atoms with Crippen LogP contribution in [-0.4, -0.2) is 59.8 Å². The number of hydrogen-bond donors (Lipinski definition) is 1. The number of unbranched alkanes of at least 4 members (excludes halogenated alkanes) is 2. The van der Waals surface area contributed by atoms with Crippen molar-refractivity contribution in [3.05, 3.63) is 18.0 Å². The molecule has 0 spiro atoms. The van der Waals surface area contributed by atoms with E-state index in [1.165, 1.54) is 7.11 Å². The van der Waals surface area contributed by atoms with Gasteiger partial charge in [0.25, 0.3) is 0 Å². The van der Waals surface area contributed by atoms with Gasteiger partial charge in [0.1, 0.15) is 12.4 Å². The zero-order chi connectivity index (χ0) is 20.8. The van der Waals surface area contributed by atoms with E-state index in [0.717, 1.165) is 42.7 Å². The molecule has 0 amide bonds. The predicted molar refractivity (Wildman–Crippen MR) is 110 cm³/mol. The van der Waals surface area contributed by atoms with Gasteiger partial charge in [0, 0.05) is 32.2 Å². The number of methoxy groups -OCH3 is 3. The van der Waals surface area contributed by atoms with E-state index in [1.807, 2.05) is 23.5 Å². The molecule has 3 rings (SSSR count). The molecule has 0 atom stereocenters. The molecule has 0 radical (unpaired) electrons. The van der Waals surface area contributed by atoms with Gasteiger partial charge in [0.15, 0.2) is 23.1 Å². The van der Waals surface area contributed by atoms with Crippen LogP contribution in [0.4, 0.5) is 5.82 Å². The molecule has 1 N–H and O–H groups in total. The number of rotatable bonds is 11. The number of fused-ring (bicyclic) bond motifs is 3. The average Bonchev–Trinajstić information content (AvgIpc) is 3.11. The van der Waals surface area contributed by atoms with Gasteiger partial charge in [0.2, 0.25) is 5.65 Å². The summed E-state index contributed by atoms with van der Waals surface area (Å²) in [7, 11) is 4.74. The van der Waals surface area contributed by atoms with Crippen molar-refractivity contribution in [3.63, 3.8) is 0 Å². The van der Waals surface area contributed by atoms with Crippen LogP contribution in [0.15, 0.2) is 12.1 Å². The lowest BCUT2D eigenvalue weighted by atomic mass is 10.1. The van der Waals surface area contributed by atoms with Crippen LogP contribution < -0.4 is 14.8 Å². The van der Waals surface area contributed by atoms with Gasteiger partial charge in [0.05, 0.1) is 25.3 Å². The first kappa shape index (κ1) is 20.8. The molecule has 0 saturated heterocycles. The van der Waals surface area contributed by atoms with Gasteiger partial charge in [-0.25, -0.2) is 4.98 Å². The molecule has 9 nitrogen and oxygen atoms in total. The highest BCUT2D eigenvalue weighted by Gasteiger charge is 2.16. The topological polar surface area (TPSA) is 99.9 Å². The molecular formula is C20H27N5O4.